The summed E-state index contributed by atoms with van der Waals surface area (Å²) < 4.78 is 8.24. The Bertz CT molecular complexity index is 944. The van der Waals surface area contributed by atoms with Crippen molar-refractivity contribution in [3.8, 4) is 17.3 Å². The van der Waals surface area contributed by atoms with Crippen molar-refractivity contribution in [3.05, 3.63) is 52.8 Å². The van der Waals surface area contributed by atoms with E-state index in [1.54, 1.807) is 24.5 Å². The van der Waals surface area contributed by atoms with Gasteiger partial charge >= 0.3 is 5.97 Å². The number of rotatable bonds is 8. The van der Waals surface area contributed by atoms with Crippen molar-refractivity contribution in [2.45, 2.75) is 19.4 Å². The van der Waals surface area contributed by atoms with Crippen molar-refractivity contribution in [1.82, 2.24) is 19.7 Å². The molecule has 9 heteroatoms. The van der Waals surface area contributed by atoms with Crippen LogP contribution >= 0.6 is 15.9 Å². The fraction of sp³-hybridized carbons (Fsp3) is 0.222. The molecule has 0 saturated carbocycles. The van der Waals surface area contributed by atoms with Crippen molar-refractivity contribution in [1.29, 1.82) is 0 Å². The molecule has 0 aliphatic heterocycles. The van der Waals surface area contributed by atoms with Gasteiger partial charge in [-0.25, -0.2) is 9.78 Å². The second-order valence-electron chi connectivity index (χ2n) is 5.80. The van der Waals surface area contributed by atoms with Gasteiger partial charge in [-0.05, 0) is 43.2 Å². The van der Waals surface area contributed by atoms with Gasteiger partial charge in [0.1, 0.15) is 29.2 Å². The number of carboxylic acids is 1. The normalized spacial score (nSPS) is 10.7. The van der Waals surface area contributed by atoms with Gasteiger partial charge in [0.2, 0.25) is 0 Å². The number of ether oxygens (including phenoxy) is 1. The first-order valence-corrected chi connectivity index (χ1v) is 9.10. The van der Waals surface area contributed by atoms with Crippen LogP contribution in [0.5, 0.6) is 5.75 Å². The Kier molecular flexibility index (Phi) is 6.02. The van der Waals surface area contributed by atoms with Gasteiger partial charge in [0.05, 0.1) is 6.61 Å². The lowest BCUT2D eigenvalue weighted by Gasteiger charge is -2.10. The minimum Gasteiger partial charge on any atom is -0.493 e. The number of halogens is 1. The molecule has 2 aromatic heterocycles. The maximum Gasteiger partial charge on any atom is 0.339 e. The van der Waals surface area contributed by atoms with Crippen LogP contribution in [0.15, 0.2) is 47.2 Å². The molecule has 3 rings (SSSR count). The van der Waals surface area contributed by atoms with E-state index in [4.69, 9.17) is 10.5 Å². The molecule has 0 aliphatic carbocycles. The third-order valence-electron chi connectivity index (χ3n) is 3.84. The van der Waals surface area contributed by atoms with E-state index in [1.165, 1.54) is 6.07 Å². The first-order valence-electron chi connectivity index (χ1n) is 8.31. The van der Waals surface area contributed by atoms with E-state index in [-0.39, 0.29) is 5.56 Å². The summed E-state index contributed by atoms with van der Waals surface area (Å²) in [6, 6.07) is 10.3. The molecule has 3 aromatic rings. The summed E-state index contributed by atoms with van der Waals surface area (Å²) in [4.78, 5) is 15.5. The largest absolute Gasteiger partial charge is 0.493 e. The van der Waals surface area contributed by atoms with Crippen LogP contribution < -0.4 is 10.5 Å². The molecular formula is C18H18BrN5O3. The van der Waals surface area contributed by atoms with Gasteiger partial charge in [-0.2, -0.15) is 0 Å². The molecule has 3 N–H and O–H groups in total. The number of benzene rings is 1. The quantitative estimate of drug-likeness (QED) is 0.525. The van der Waals surface area contributed by atoms with Gasteiger partial charge < -0.3 is 20.1 Å². The van der Waals surface area contributed by atoms with Crippen molar-refractivity contribution >= 4 is 27.7 Å². The molecule has 0 aliphatic rings. The molecule has 0 unspecified atom stereocenters. The van der Waals surface area contributed by atoms with E-state index in [1.807, 2.05) is 16.7 Å². The highest BCUT2D eigenvalue weighted by molar-refractivity contribution is 9.10. The van der Waals surface area contributed by atoms with Crippen molar-refractivity contribution in [3.63, 3.8) is 0 Å². The Morgan fingerprint density at radius 3 is 2.89 bits per heavy atom. The van der Waals surface area contributed by atoms with Crippen LogP contribution in [0, 0.1) is 0 Å². The maximum atomic E-state index is 11.3. The number of unbranched alkanes of at least 4 members (excludes halogenated alkanes) is 1. The second-order valence-corrected chi connectivity index (χ2v) is 6.71. The molecule has 27 heavy (non-hydrogen) atoms. The Labute approximate surface area is 164 Å². The molecule has 0 bridgehead atoms. The fourth-order valence-corrected chi connectivity index (χ4v) is 2.92. The second kappa shape index (κ2) is 8.63. The lowest BCUT2D eigenvalue weighted by Crippen LogP contribution is -2.06. The highest BCUT2D eigenvalue weighted by Crippen LogP contribution is 2.23. The molecular weight excluding hydrogens is 414 g/mol. The van der Waals surface area contributed by atoms with E-state index in [9.17, 15) is 9.90 Å². The molecule has 140 valence electrons. The minimum absolute atomic E-state index is 0.137. The first-order chi connectivity index (χ1) is 13.0. The summed E-state index contributed by atoms with van der Waals surface area (Å²) in [6.07, 6.45) is 3.21. The van der Waals surface area contributed by atoms with Crippen LogP contribution in [0.2, 0.25) is 0 Å². The Morgan fingerprint density at radius 2 is 2.11 bits per heavy atom. The number of carboxylic acid groups (broad SMARTS) is 1. The number of aromatic carboxylic acids is 1. The monoisotopic (exact) mass is 431 g/mol. The highest BCUT2D eigenvalue weighted by atomic mass is 79.9. The smallest absolute Gasteiger partial charge is 0.339 e. The molecule has 0 atom stereocenters. The molecule has 1 aromatic carbocycles. The third kappa shape index (κ3) is 4.82. The zero-order valence-corrected chi connectivity index (χ0v) is 16.0. The number of carbonyl (C=O) groups is 1. The van der Waals surface area contributed by atoms with E-state index >= 15 is 0 Å². The van der Waals surface area contributed by atoms with Crippen LogP contribution in [0.3, 0.4) is 0 Å². The van der Waals surface area contributed by atoms with Gasteiger partial charge in [0.25, 0.3) is 0 Å². The van der Waals surface area contributed by atoms with Gasteiger partial charge in [0, 0.05) is 11.0 Å². The van der Waals surface area contributed by atoms with Crippen molar-refractivity contribution in [2.24, 2.45) is 0 Å². The van der Waals surface area contributed by atoms with Crippen LogP contribution in [0.1, 0.15) is 23.2 Å². The fourth-order valence-electron chi connectivity index (χ4n) is 2.55. The standard InChI is InChI=1S/C18H18BrN5O3/c19-12-6-7-15(13(10-12)18(25)26)27-9-2-1-8-24-11-21-23-17(24)14-4-3-5-16(20)22-14/h3-7,10-11H,1-2,8-9H2,(H2,20,22)(H,25,26). The summed E-state index contributed by atoms with van der Waals surface area (Å²) in [7, 11) is 0. The van der Waals surface area contributed by atoms with E-state index in [0.717, 1.165) is 12.8 Å². The van der Waals surface area contributed by atoms with E-state index < -0.39 is 5.97 Å². The summed E-state index contributed by atoms with van der Waals surface area (Å²) >= 11 is 3.26. The number of anilines is 1. The molecule has 2 heterocycles. The van der Waals surface area contributed by atoms with Gasteiger partial charge in [-0.15, -0.1) is 10.2 Å². The molecule has 8 nitrogen and oxygen atoms in total. The number of aromatic nitrogens is 4. The zero-order chi connectivity index (χ0) is 19.2. The summed E-state index contributed by atoms with van der Waals surface area (Å²) in [5, 5.41) is 17.3. The number of aryl methyl sites for hydroxylation is 1. The van der Waals surface area contributed by atoms with Crippen LogP contribution in [-0.4, -0.2) is 37.4 Å². The summed E-state index contributed by atoms with van der Waals surface area (Å²) in [5.41, 5.74) is 6.53. The molecule has 0 radical (unpaired) electrons. The molecule has 0 saturated heterocycles. The number of nitrogens with zero attached hydrogens (tertiary/aromatic N) is 4. The predicted octanol–water partition coefficient (Wildman–Crippen LogP) is 3.24. The Hall–Kier alpha value is -2.94. The average Bonchev–Trinajstić information content (AvgIpc) is 3.11. The lowest BCUT2D eigenvalue weighted by molar-refractivity contribution is 0.0692. The molecule has 0 amide bonds. The summed E-state index contributed by atoms with van der Waals surface area (Å²) in [6.45, 7) is 1.10. The lowest BCUT2D eigenvalue weighted by atomic mass is 10.2. The number of pyridine rings is 1. The Morgan fingerprint density at radius 1 is 1.26 bits per heavy atom. The van der Waals surface area contributed by atoms with Crippen LogP contribution in [0.4, 0.5) is 5.82 Å². The van der Waals surface area contributed by atoms with Crippen molar-refractivity contribution in [2.75, 3.05) is 12.3 Å². The van der Waals surface area contributed by atoms with Crippen molar-refractivity contribution < 1.29 is 14.6 Å². The number of nitrogens with two attached hydrogens (primary N) is 1. The predicted molar refractivity (Wildman–Crippen MR) is 103 cm³/mol. The van der Waals surface area contributed by atoms with E-state index in [0.29, 0.717) is 40.7 Å². The van der Waals surface area contributed by atoms with Gasteiger partial charge in [0.15, 0.2) is 5.82 Å². The molecule has 0 fully saturated rings. The average molecular weight is 432 g/mol. The topological polar surface area (TPSA) is 116 Å². The Balaban J connectivity index is 1.54. The highest BCUT2D eigenvalue weighted by Gasteiger charge is 2.12. The van der Waals surface area contributed by atoms with Crippen LogP contribution in [0.25, 0.3) is 11.5 Å². The van der Waals surface area contributed by atoms with E-state index in [2.05, 4.69) is 31.1 Å². The minimum atomic E-state index is -1.02. The van der Waals surface area contributed by atoms with Gasteiger partial charge in [-0.3, -0.25) is 0 Å². The SMILES string of the molecule is Nc1cccc(-c2nncn2CCCCOc2ccc(Br)cc2C(=O)O)n1. The summed E-state index contributed by atoms with van der Waals surface area (Å²) in [5.74, 6) is 0.429. The number of hydrogen-bond donors (Lipinski definition) is 2. The van der Waals surface area contributed by atoms with Crippen LogP contribution in [-0.2, 0) is 6.54 Å². The zero-order valence-electron chi connectivity index (χ0n) is 14.4. The number of nitrogen functional groups attached to an aromatic ring is 1. The number of hydrogen-bond acceptors (Lipinski definition) is 6. The first kappa shape index (κ1) is 18.8. The van der Waals surface area contributed by atoms with Gasteiger partial charge in [-0.1, -0.05) is 22.0 Å². The third-order valence-corrected chi connectivity index (χ3v) is 4.33. The molecule has 0 spiro atoms. The maximum absolute atomic E-state index is 11.3.